The number of halogens is 2. The highest BCUT2D eigenvalue weighted by Crippen LogP contribution is 2.32. The van der Waals surface area contributed by atoms with Crippen molar-refractivity contribution >= 4 is 57.4 Å². The van der Waals surface area contributed by atoms with E-state index in [-0.39, 0.29) is 17.7 Å². The van der Waals surface area contributed by atoms with Gasteiger partial charge in [-0.25, -0.2) is 9.97 Å². The molecule has 1 aliphatic carbocycles. The molecular weight excluding hydrogens is 545 g/mol. The van der Waals surface area contributed by atoms with E-state index in [1.807, 2.05) is 48.5 Å². The lowest BCUT2D eigenvalue weighted by Gasteiger charge is -2.33. The summed E-state index contributed by atoms with van der Waals surface area (Å²) >= 11 is 12.5. The number of fused-ring (bicyclic) bond motifs is 1. The van der Waals surface area contributed by atoms with Crippen molar-refractivity contribution in [3.05, 3.63) is 81.8 Å². The Balaban J connectivity index is 1.24. The molecule has 1 saturated carbocycles. The number of aromatic nitrogens is 2. The summed E-state index contributed by atoms with van der Waals surface area (Å²) in [6, 6.07) is 18.4. The van der Waals surface area contributed by atoms with Gasteiger partial charge in [-0.2, -0.15) is 0 Å². The molecule has 1 aromatic heterocycles. The third-order valence-electron chi connectivity index (χ3n) is 7.66. The highest BCUT2D eigenvalue weighted by molar-refractivity contribution is 6.34. The molecule has 7 nitrogen and oxygen atoms in total. The summed E-state index contributed by atoms with van der Waals surface area (Å²) in [6.07, 6.45) is 5.22. The Bertz CT molecular complexity index is 1580. The normalized spacial score (nSPS) is 15.2. The lowest BCUT2D eigenvalue weighted by molar-refractivity contribution is -0.124. The largest absolute Gasteiger partial charge is 0.356 e. The van der Waals surface area contributed by atoms with Gasteiger partial charge in [0.15, 0.2) is 5.82 Å². The second-order valence-corrected chi connectivity index (χ2v) is 11.3. The van der Waals surface area contributed by atoms with E-state index in [2.05, 4.69) is 15.5 Å². The van der Waals surface area contributed by atoms with Gasteiger partial charge in [-0.05, 0) is 79.4 Å². The number of amides is 2. The van der Waals surface area contributed by atoms with Gasteiger partial charge in [0.2, 0.25) is 5.91 Å². The number of nitrogens with zero attached hydrogens (tertiary/aromatic N) is 3. The molecule has 2 fully saturated rings. The first-order chi connectivity index (χ1) is 19.4. The Morgan fingerprint density at radius 2 is 1.68 bits per heavy atom. The molecule has 2 aliphatic rings. The summed E-state index contributed by atoms with van der Waals surface area (Å²) in [5, 5.41) is 7.89. The van der Waals surface area contributed by atoms with E-state index < -0.39 is 0 Å². The maximum atomic E-state index is 13.3. The second-order valence-electron chi connectivity index (χ2n) is 10.4. The molecule has 40 heavy (non-hydrogen) atoms. The van der Waals surface area contributed by atoms with Gasteiger partial charge in [0.05, 0.1) is 16.1 Å². The molecule has 9 heteroatoms. The lowest BCUT2D eigenvalue weighted by atomic mass is 10.1. The number of carbonyl (C=O) groups is 2. The van der Waals surface area contributed by atoms with Gasteiger partial charge in [-0.3, -0.25) is 9.59 Å². The fraction of sp³-hybridized carbons (Fsp3) is 0.290. The Hall–Kier alpha value is -3.68. The summed E-state index contributed by atoms with van der Waals surface area (Å²) in [7, 11) is 0. The van der Waals surface area contributed by atoms with E-state index in [9.17, 15) is 9.59 Å². The monoisotopic (exact) mass is 573 g/mol. The third kappa shape index (κ3) is 5.62. The highest BCUT2D eigenvalue weighted by Gasteiger charge is 2.23. The van der Waals surface area contributed by atoms with Crippen LogP contribution in [0.2, 0.25) is 10.0 Å². The van der Waals surface area contributed by atoms with E-state index >= 15 is 0 Å². The molecule has 0 radical (unpaired) electrons. The molecule has 0 spiro atoms. The number of hydrogen-bond acceptors (Lipinski definition) is 5. The van der Waals surface area contributed by atoms with Crippen molar-refractivity contribution in [3.8, 4) is 11.4 Å². The lowest BCUT2D eigenvalue weighted by Crippen LogP contribution is -2.37. The first-order valence-corrected chi connectivity index (χ1v) is 14.4. The fourth-order valence-corrected chi connectivity index (χ4v) is 5.59. The topological polar surface area (TPSA) is 87.2 Å². The van der Waals surface area contributed by atoms with Crippen molar-refractivity contribution in [2.45, 2.75) is 38.6 Å². The molecule has 1 saturated heterocycles. The molecule has 2 heterocycles. The summed E-state index contributed by atoms with van der Waals surface area (Å²) in [4.78, 5) is 37.7. The second kappa shape index (κ2) is 11.4. The number of anilines is 2. The van der Waals surface area contributed by atoms with Gasteiger partial charge < -0.3 is 15.5 Å². The highest BCUT2D eigenvalue weighted by atomic mass is 35.5. The molecule has 4 aromatic rings. The Morgan fingerprint density at radius 1 is 0.900 bits per heavy atom. The van der Waals surface area contributed by atoms with Gasteiger partial charge in [0, 0.05) is 47.2 Å². The Morgan fingerprint density at radius 3 is 2.40 bits per heavy atom. The van der Waals surface area contributed by atoms with Crippen molar-refractivity contribution in [3.63, 3.8) is 0 Å². The standard InChI is InChI=1S/C31H29Cl2N5O2/c32-22-9-7-20(8-10-22)28-36-27-17-23(11-12-24(27)29(37-28)38-14-3-15-38)35-31(40)25-16-19(6-13-26(25)33)18-34-30(39)21-4-1-2-5-21/h6-13,16-17,21H,1-5,14-15,18H2,(H,34,39)(H,35,40). The van der Waals surface area contributed by atoms with Crippen molar-refractivity contribution in [1.29, 1.82) is 0 Å². The number of rotatable bonds is 7. The van der Waals surface area contributed by atoms with Gasteiger partial charge in [-0.1, -0.05) is 42.1 Å². The molecule has 0 bridgehead atoms. The molecule has 2 amide bonds. The van der Waals surface area contributed by atoms with E-state index in [1.54, 1.807) is 12.1 Å². The first kappa shape index (κ1) is 26.5. The summed E-state index contributed by atoms with van der Waals surface area (Å²) in [5.74, 6) is 1.32. The molecule has 6 rings (SSSR count). The number of hydrogen-bond donors (Lipinski definition) is 2. The molecule has 1 aliphatic heterocycles. The van der Waals surface area contributed by atoms with Crippen molar-refractivity contribution in [1.82, 2.24) is 15.3 Å². The van der Waals surface area contributed by atoms with Gasteiger partial charge in [0.25, 0.3) is 5.91 Å². The third-order valence-corrected chi connectivity index (χ3v) is 8.24. The zero-order valence-corrected chi connectivity index (χ0v) is 23.4. The minimum Gasteiger partial charge on any atom is -0.356 e. The minimum absolute atomic E-state index is 0.0761. The first-order valence-electron chi connectivity index (χ1n) is 13.6. The Labute approximate surface area is 242 Å². The summed E-state index contributed by atoms with van der Waals surface area (Å²) in [6.45, 7) is 2.24. The van der Waals surface area contributed by atoms with Crippen LogP contribution in [0.1, 0.15) is 48.0 Å². The average molecular weight is 575 g/mol. The van der Waals surface area contributed by atoms with E-state index in [0.717, 1.165) is 73.0 Å². The van der Waals surface area contributed by atoms with Crippen LogP contribution in [0.25, 0.3) is 22.3 Å². The predicted octanol–water partition coefficient (Wildman–Crippen LogP) is 6.87. The molecule has 2 N–H and O–H groups in total. The molecular formula is C31H29Cl2N5O2. The van der Waals surface area contributed by atoms with Crippen molar-refractivity contribution < 1.29 is 9.59 Å². The van der Waals surface area contributed by atoms with Crippen molar-refractivity contribution in [2.24, 2.45) is 5.92 Å². The van der Waals surface area contributed by atoms with Gasteiger partial charge in [0.1, 0.15) is 5.82 Å². The summed E-state index contributed by atoms with van der Waals surface area (Å²) in [5.41, 5.74) is 3.36. The van der Waals surface area contributed by atoms with Crippen LogP contribution >= 0.6 is 23.2 Å². The maximum Gasteiger partial charge on any atom is 0.257 e. The number of benzene rings is 3. The van der Waals surface area contributed by atoms with E-state index in [4.69, 9.17) is 33.2 Å². The smallest absolute Gasteiger partial charge is 0.257 e. The van der Waals surface area contributed by atoms with Crippen LogP contribution in [0.4, 0.5) is 11.5 Å². The SMILES string of the molecule is O=C(Nc1ccc2c(N3CCC3)nc(-c3ccc(Cl)cc3)nc2c1)c1cc(CNC(=O)C2CCCC2)ccc1Cl. The van der Waals surface area contributed by atoms with Crippen LogP contribution < -0.4 is 15.5 Å². The zero-order valence-electron chi connectivity index (χ0n) is 21.9. The predicted molar refractivity (Wildman–Crippen MR) is 160 cm³/mol. The summed E-state index contributed by atoms with van der Waals surface area (Å²) < 4.78 is 0. The molecule has 3 aromatic carbocycles. The zero-order chi connectivity index (χ0) is 27.6. The molecule has 0 unspecified atom stereocenters. The number of carbonyl (C=O) groups excluding carboxylic acids is 2. The maximum absolute atomic E-state index is 13.3. The van der Waals surface area contributed by atoms with Crippen LogP contribution in [0.5, 0.6) is 0 Å². The van der Waals surface area contributed by atoms with Gasteiger partial charge in [-0.15, -0.1) is 0 Å². The van der Waals surface area contributed by atoms with Crippen molar-refractivity contribution in [2.75, 3.05) is 23.3 Å². The van der Waals surface area contributed by atoms with E-state index in [0.29, 0.717) is 33.7 Å². The van der Waals surface area contributed by atoms with Crippen LogP contribution in [-0.2, 0) is 11.3 Å². The molecule has 0 atom stereocenters. The number of nitrogens with one attached hydrogen (secondary N) is 2. The van der Waals surface area contributed by atoms with Crippen LogP contribution in [0, 0.1) is 5.92 Å². The van der Waals surface area contributed by atoms with Gasteiger partial charge >= 0.3 is 0 Å². The van der Waals surface area contributed by atoms with Crippen LogP contribution in [0.3, 0.4) is 0 Å². The van der Waals surface area contributed by atoms with Crippen LogP contribution in [0.15, 0.2) is 60.7 Å². The average Bonchev–Trinajstić information content (AvgIpc) is 3.47. The quantitative estimate of drug-likeness (QED) is 0.252. The van der Waals surface area contributed by atoms with E-state index in [1.165, 1.54) is 0 Å². The van der Waals surface area contributed by atoms with Crippen LogP contribution in [-0.4, -0.2) is 34.9 Å². The minimum atomic E-state index is -0.330. The fourth-order valence-electron chi connectivity index (χ4n) is 5.26. The molecule has 204 valence electrons. The Kier molecular flexibility index (Phi) is 7.59.